The van der Waals surface area contributed by atoms with Gasteiger partial charge in [0.2, 0.25) is 0 Å². The lowest BCUT2D eigenvalue weighted by Gasteiger charge is -2.44. The molecule has 4 nitrogen and oxygen atoms in total. The lowest BCUT2D eigenvalue weighted by atomic mass is 9.89. The average Bonchev–Trinajstić information content (AvgIpc) is 2.50. The van der Waals surface area contributed by atoms with Crippen LogP contribution < -0.4 is 10.6 Å². The standard InChI is InChI=1S/C15H30N4/c1-2-8-19(9-3-1)15-12-17-5-4-14(15)13-18-10-6-16-7-11-18/h14-17H,1-13H2. The molecule has 0 aromatic carbocycles. The van der Waals surface area contributed by atoms with Crippen LogP contribution in [0.2, 0.25) is 0 Å². The quantitative estimate of drug-likeness (QED) is 0.772. The number of piperidine rings is 2. The van der Waals surface area contributed by atoms with Gasteiger partial charge in [-0.3, -0.25) is 4.90 Å². The largest absolute Gasteiger partial charge is 0.315 e. The molecule has 3 rings (SSSR count). The van der Waals surface area contributed by atoms with Crippen LogP contribution >= 0.6 is 0 Å². The van der Waals surface area contributed by atoms with Gasteiger partial charge < -0.3 is 15.5 Å². The monoisotopic (exact) mass is 266 g/mol. The second-order valence-corrected chi connectivity index (χ2v) is 6.47. The van der Waals surface area contributed by atoms with Crippen molar-refractivity contribution < 1.29 is 0 Å². The molecule has 110 valence electrons. The molecule has 4 heteroatoms. The zero-order chi connectivity index (χ0) is 12.9. The average molecular weight is 266 g/mol. The summed E-state index contributed by atoms with van der Waals surface area (Å²) in [7, 11) is 0. The lowest BCUT2D eigenvalue weighted by Crippen LogP contribution is -2.56. The third kappa shape index (κ3) is 3.69. The Balaban J connectivity index is 1.56. The molecule has 0 radical (unpaired) electrons. The Kier molecular flexibility index (Phi) is 5.10. The molecule has 3 fully saturated rings. The molecule has 2 unspecified atom stereocenters. The van der Waals surface area contributed by atoms with Crippen LogP contribution in [0.4, 0.5) is 0 Å². The molecule has 3 aliphatic rings. The Bertz CT molecular complexity index is 259. The van der Waals surface area contributed by atoms with E-state index in [-0.39, 0.29) is 0 Å². The molecular formula is C15H30N4. The number of piperazine rings is 1. The van der Waals surface area contributed by atoms with Crippen LogP contribution in [0.15, 0.2) is 0 Å². The summed E-state index contributed by atoms with van der Waals surface area (Å²) in [5.74, 6) is 0.887. The summed E-state index contributed by atoms with van der Waals surface area (Å²) in [6.07, 6.45) is 5.64. The normalized spacial score (nSPS) is 35.4. The minimum absolute atomic E-state index is 0.795. The Hall–Kier alpha value is -0.160. The molecule has 0 amide bonds. The van der Waals surface area contributed by atoms with Crippen LogP contribution in [0, 0.1) is 5.92 Å². The molecule has 0 aromatic rings. The molecule has 0 aliphatic carbocycles. The number of likely N-dealkylation sites (tertiary alicyclic amines) is 1. The second kappa shape index (κ2) is 7.02. The highest BCUT2D eigenvalue weighted by atomic mass is 15.2. The van der Waals surface area contributed by atoms with Crippen LogP contribution in [-0.4, -0.2) is 74.7 Å². The smallest absolute Gasteiger partial charge is 0.0261 e. The fourth-order valence-corrected chi connectivity index (χ4v) is 4.01. The maximum Gasteiger partial charge on any atom is 0.0261 e. The van der Waals surface area contributed by atoms with E-state index < -0.39 is 0 Å². The fraction of sp³-hybridized carbons (Fsp3) is 1.00. The van der Waals surface area contributed by atoms with Gasteiger partial charge in [-0.1, -0.05) is 6.42 Å². The van der Waals surface area contributed by atoms with Gasteiger partial charge in [-0.2, -0.15) is 0 Å². The molecule has 0 spiro atoms. The van der Waals surface area contributed by atoms with E-state index in [1.165, 1.54) is 84.6 Å². The van der Waals surface area contributed by atoms with E-state index in [1.807, 2.05) is 0 Å². The predicted octanol–water partition coefficient (Wildman–Crippen LogP) is 0.356. The summed E-state index contributed by atoms with van der Waals surface area (Å²) >= 11 is 0. The summed E-state index contributed by atoms with van der Waals surface area (Å²) in [5, 5.41) is 7.09. The zero-order valence-corrected chi connectivity index (χ0v) is 12.2. The topological polar surface area (TPSA) is 30.5 Å². The van der Waals surface area contributed by atoms with Crippen molar-refractivity contribution in [2.75, 3.05) is 58.9 Å². The molecule has 19 heavy (non-hydrogen) atoms. The van der Waals surface area contributed by atoms with Crippen molar-refractivity contribution in [2.45, 2.75) is 31.7 Å². The van der Waals surface area contributed by atoms with Gasteiger partial charge in [0.15, 0.2) is 0 Å². The van der Waals surface area contributed by atoms with Crippen LogP contribution in [0.25, 0.3) is 0 Å². The van der Waals surface area contributed by atoms with E-state index in [9.17, 15) is 0 Å². The minimum Gasteiger partial charge on any atom is -0.315 e. The Morgan fingerprint density at radius 1 is 0.842 bits per heavy atom. The van der Waals surface area contributed by atoms with Gasteiger partial charge in [-0.25, -0.2) is 0 Å². The van der Waals surface area contributed by atoms with Crippen molar-refractivity contribution in [3.63, 3.8) is 0 Å². The summed E-state index contributed by atoms with van der Waals surface area (Å²) < 4.78 is 0. The molecular weight excluding hydrogens is 236 g/mol. The first kappa shape index (κ1) is 13.8. The lowest BCUT2D eigenvalue weighted by molar-refractivity contribution is 0.0685. The van der Waals surface area contributed by atoms with Crippen molar-refractivity contribution in [1.29, 1.82) is 0 Å². The van der Waals surface area contributed by atoms with Crippen LogP contribution in [0.1, 0.15) is 25.7 Å². The Labute approximate surface area is 117 Å². The highest BCUT2D eigenvalue weighted by Crippen LogP contribution is 2.23. The van der Waals surface area contributed by atoms with Crippen LogP contribution in [-0.2, 0) is 0 Å². The Morgan fingerprint density at radius 2 is 1.63 bits per heavy atom. The van der Waals surface area contributed by atoms with Gasteiger partial charge in [0, 0.05) is 45.3 Å². The van der Waals surface area contributed by atoms with Crippen molar-refractivity contribution >= 4 is 0 Å². The number of rotatable bonds is 3. The molecule has 3 heterocycles. The summed E-state index contributed by atoms with van der Waals surface area (Å²) in [6, 6.07) is 0.795. The van der Waals surface area contributed by atoms with Crippen molar-refractivity contribution in [3.05, 3.63) is 0 Å². The van der Waals surface area contributed by atoms with E-state index in [0.717, 1.165) is 12.0 Å². The number of nitrogens with zero attached hydrogens (tertiary/aromatic N) is 2. The number of hydrogen-bond donors (Lipinski definition) is 2. The molecule has 0 aromatic heterocycles. The summed E-state index contributed by atoms with van der Waals surface area (Å²) in [5.41, 5.74) is 0. The molecule has 0 bridgehead atoms. The van der Waals surface area contributed by atoms with E-state index in [0.29, 0.717) is 0 Å². The van der Waals surface area contributed by atoms with Gasteiger partial charge >= 0.3 is 0 Å². The minimum atomic E-state index is 0.795. The van der Waals surface area contributed by atoms with Gasteiger partial charge in [-0.15, -0.1) is 0 Å². The SMILES string of the molecule is C1CCN(C2CNCCC2CN2CCNCC2)CC1. The predicted molar refractivity (Wildman–Crippen MR) is 79.5 cm³/mol. The molecule has 2 atom stereocenters. The highest BCUT2D eigenvalue weighted by Gasteiger charge is 2.31. The number of nitrogens with one attached hydrogen (secondary N) is 2. The first-order valence-electron chi connectivity index (χ1n) is 8.31. The van der Waals surface area contributed by atoms with Gasteiger partial charge in [0.05, 0.1) is 0 Å². The van der Waals surface area contributed by atoms with E-state index in [4.69, 9.17) is 0 Å². The van der Waals surface area contributed by atoms with E-state index in [2.05, 4.69) is 20.4 Å². The van der Waals surface area contributed by atoms with E-state index in [1.54, 1.807) is 0 Å². The molecule has 3 aliphatic heterocycles. The van der Waals surface area contributed by atoms with E-state index >= 15 is 0 Å². The maximum atomic E-state index is 3.63. The van der Waals surface area contributed by atoms with Gasteiger partial charge in [-0.05, 0) is 44.8 Å². The van der Waals surface area contributed by atoms with Crippen molar-refractivity contribution in [3.8, 4) is 0 Å². The maximum absolute atomic E-state index is 3.63. The summed E-state index contributed by atoms with van der Waals surface area (Å²) in [4.78, 5) is 5.46. The first-order chi connectivity index (χ1) is 9.43. The van der Waals surface area contributed by atoms with Crippen molar-refractivity contribution in [2.24, 2.45) is 5.92 Å². The third-order valence-electron chi connectivity index (χ3n) is 5.15. The molecule has 3 saturated heterocycles. The van der Waals surface area contributed by atoms with Crippen LogP contribution in [0.3, 0.4) is 0 Å². The zero-order valence-electron chi connectivity index (χ0n) is 12.2. The van der Waals surface area contributed by atoms with Crippen LogP contribution in [0.5, 0.6) is 0 Å². The first-order valence-corrected chi connectivity index (χ1v) is 8.31. The molecule has 2 N–H and O–H groups in total. The second-order valence-electron chi connectivity index (χ2n) is 6.47. The Morgan fingerprint density at radius 3 is 2.42 bits per heavy atom. The molecule has 0 saturated carbocycles. The van der Waals surface area contributed by atoms with Gasteiger partial charge in [0.25, 0.3) is 0 Å². The fourth-order valence-electron chi connectivity index (χ4n) is 4.01. The van der Waals surface area contributed by atoms with Gasteiger partial charge in [0.1, 0.15) is 0 Å². The highest BCUT2D eigenvalue weighted by molar-refractivity contribution is 4.89. The third-order valence-corrected chi connectivity index (χ3v) is 5.15. The van der Waals surface area contributed by atoms with Crippen molar-refractivity contribution in [1.82, 2.24) is 20.4 Å². The number of hydrogen-bond acceptors (Lipinski definition) is 4. The summed E-state index contributed by atoms with van der Waals surface area (Å²) in [6.45, 7) is 11.3.